The van der Waals surface area contributed by atoms with Crippen molar-refractivity contribution in [1.82, 2.24) is 10.2 Å². The summed E-state index contributed by atoms with van der Waals surface area (Å²) in [7, 11) is 0. The molecule has 0 bridgehead atoms. The van der Waals surface area contributed by atoms with Gasteiger partial charge in [-0.05, 0) is 32.9 Å². The summed E-state index contributed by atoms with van der Waals surface area (Å²) in [5, 5.41) is 3.31. The van der Waals surface area contributed by atoms with Crippen molar-refractivity contribution in [3.63, 3.8) is 0 Å². The Bertz CT molecular complexity index is 347. The van der Waals surface area contributed by atoms with Crippen LogP contribution < -0.4 is 5.32 Å². The van der Waals surface area contributed by atoms with E-state index in [4.69, 9.17) is 0 Å². The van der Waals surface area contributed by atoms with Crippen molar-refractivity contribution in [2.75, 3.05) is 12.8 Å². The molecule has 0 aromatic heterocycles. The summed E-state index contributed by atoms with van der Waals surface area (Å²) in [5.74, 6) is -0.0927. The minimum Gasteiger partial charge on any atom is -0.304 e. The first kappa shape index (κ1) is 13.9. The lowest BCUT2D eigenvalue weighted by Gasteiger charge is -2.41. The SMILES string of the molecule is CSC1(CNC2CC(=O)N(C(C)C)C2=O)CCC1. The van der Waals surface area contributed by atoms with Gasteiger partial charge in [0.05, 0.1) is 12.5 Å². The second-order valence-corrected chi connectivity index (χ2v) is 6.85. The quantitative estimate of drug-likeness (QED) is 0.767. The van der Waals surface area contributed by atoms with Crippen LogP contribution in [0.4, 0.5) is 0 Å². The molecule has 2 rings (SSSR count). The summed E-state index contributed by atoms with van der Waals surface area (Å²) in [6, 6.07) is -0.334. The molecule has 2 amide bonds. The maximum atomic E-state index is 12.1. The maximum Gasteiger partial charge on any atom is 0.247 e. The number of carbonyl (C=O) groups is 2. The normalized spacial score (nSPS) is 26.9. The van der Waals surface area contributed by atoms with E-state index in [1.165, 1.54) is 24.2 Å². The Morgan fingerprint density at radius 3 is 2.50 bits per heavy atom. The van der Waals surface area contributed by atoms with Crippen molar-refractivity contribution in [2.45, 2.75) is 56.4 Å². The zero-order valence-corrected chi connectivity index (χ0v) is 12.2. The smallest absolute Gasteiger partial charge is 0.247 e. The van der Waals surface area contributed by atoms with E-state index < -0.39 is 0 Å². The van der Waals surface area contributed by atoms with Crippen LogP contribution in [-0.4, -0.2) is 46.3 Å². The molecular weight excluding hydrogens is 248 g/mol. The summed E-state index contributed by atoms with van der Waals surface area (Å²) in [4.78, 5) is 25.3. The van der Waals surface area contributed by atoms with Gasteiger partial charge in [0.15, 0.2) is 0 Å². The fourth-order valence-corrected chi connectivity index (χ4v) is 3.61. The highest BCUT2D eigenvalue weighted by molar-refractivity contribution is 8.00. The third-order valence-corrected chi connectivity index (χ3v) is 5.49. The van der Waals surface area contributed by atoms with Gasteiger partial charge in [0.2, 0.25) is 11.8 Å². The molecule has 0 aromatic carbocycles. The molecule has 2 aliphatic rings. The Hall–Kier alpha value is -0.550. The first-order chi connectivity index (χ1) is 8.49. The zero-order chi connectivity index (χ0) is 13.3. The van der Waals surface area contributed by atoms with Gasteiger partial charge in [-0.15, -0.1) is 0 Å². The Morgan fingerprint density at radius 2 is 2.11 bits per heavy atom. The number of nitrogens with one attached hydrogen (secondary N) is 1. The standard InChI is InChI=1S/C13H22N2O2S/c1-9(2)15-11(16)7-10(12(15)17)14-8-13(18-3)5-4-6-13/h9-10,14H,4-8H2,1-3H3. The van der Waals surface area contributed by atoms with Crippen LogP contribution in [0.15, 0.2) is 0 Å². The molecule has 0 radical (unpaired) electrons. The van der Waals surface area contributed by atoms with E-state index in [0.717, 1.165) is 6.54 Å². The molecule has 1 aliphatic carbocycles. The van der Waals surface area contributed by atoms with E-state index in [1.807, 2.05) is 25.6 Å². The molecular formula is C13H22N2O2S. The first-order valence-electron chi connectivity index (χ1n) is 6.63. The number of hydrogen-bond donors (Lipinski definition) is 1. The Balaban J connectivity index is 1.91. The predicted octanol–water partition coefficient (Wildman–Crippen LogP) is 1.40. The second-order valence-electron chi connectivity index (χ2n) is 5.57. The van der Waals surface area contributed by atoms with Gasteiger partial charge >= 0.3 is 0 Å². The number of carbonyl (C=O) groups excluding carboxylic acids is 2. The Kier molecular flexibility index (Phi) is 4.02. The molecule has 1 aliphatic heterocycles. The minimum atomic E-state index is -0.301. The van der Waals surface area contributed by atoms with E-state index in [0.29, 0.717) is 11.2 Å². The number of hydrogen-bond acceptors (Lipinski definition) is 4. The van der Waals surface area contributed by atoms with E-state index in [9.17, 15) is 9.59 Å². The predicted molar refractivity (Wildman–Crippen MR) is 73.5 cm³/mol. The molecule has 1 heterocycles. The lowest BCUT2D eigenvalue weighted by Crippen LogP contribution is -2.49. The van der Waals surface area contributed by atoms with Crippen molar-refractivity contribution >= 4 is 23.6 Å². The summed E-state index contributed by atoms with van der Waals surface area (Å²) in [6.07, 6.45) is 6.15. The maximum absolute atomic E-state index is 12.1. The number of rotatable bonds is 5. The fourth-order valence-electron chi connectivity index (χ4n) is 2.69. The monoisotopic (exact) mass is 270 g/mol. The Morgan fingerprint density at radius 1 is 1.44 bits per heavy atom. The van der Waals surface area contributed by atoms with E-state index in [-0.39, 0.29) is 23.9 Å². The van der Waals surface area contributed by atoms with E-state index in [2.05, 4.69) is 11.6 Å². The van der Waals surface area contributed by atoms with Crippen molar-refractivity contribution in [2.24, 2.45) is 0 Å². The number of nitrogens with zero attached hydrogens (tertiary/aromatic N) is 1. The van der Waals surface area contributed by atoms with Gasteiger partial charge in [0, 0.05) is 17.3 Å². The zero-order valence-electron chi connectivity index (χ0n) is 11.4. The van der Waals surface area contributed by atoms with Crippen LogP contribution >= 0.6 is 11.8 Å². The topological polar surface area (TPSA) is 49.4 Å². The molecule has 1 saturated carbocycles. The average Bonchev–Trinajstić information content (AvgIpc) is 2.53. The van der Waals surface area contributed by atoms with Crippen molar-refractivity contribution in [3.8, 4) is 0 Å². The number of thioether (sulfide) groups is 1. The lowest BCUT2D eigenvalue weighted by atomic mass is 9.84. The Labute approximate surface area is 113 Å². The van der Waals surface area contributed by atoms with Crippen molar-refractivity contribution in [3.05, 3.63) is 0 Å². The third kappa shape index (κ3) is 2.43. The highest BCUT2D eigenvalue weighted by atomic mass is 32.2. The molecule has 1 atom stereocenters. The van der Waals surface area contributed by atoms with Crippen LogP contribution in [0.25, 0.3) is 0 Å². The molecule has 1 N–H and O–H groups in total. The summed E-state index contributed by atoms with van der Waals surface area (Å²) in [5.41, 5.74) is 0. The molecule has 1 unspecified atom stereocenters. The molecule has 4 nitrogen and oxygen atoms in total. The largest absolute Gasteiger partial charge is 0.304 e. The second kappa shape index (κ2) is 5.21. The summed E-state index contributed by atoms with van der Waals surface area (Å²) in [6.45, 7) is 4.60. The number of amides is 2. The van der Waals surface area contributed by atoms with E-state index in [1.54, 1.807) is 0 Å². The lowest BCUT2D eigenvalue weighted by molar-refractivity contribution is -0.140. The van der Waals surface area contributed by atoms with Crippen LogP contribution in [0, 0.1) is 0 Å². The molecule has 1 saturated heterocycles. The molecule has 2 fully saturated rings. The molecule has 18 heavy (non-hydrogen) atoms. The van der Waals surface area contributed by atoms with Crippen LogP contribution in [-0.2, 0) is 9.59 Å². The van der Waals surface area contributed by atoms with Gasteiger partial charge in [-0.2, -0.15) is 11.8 Å². The first-order valence-corrected chi connectivity index (χ1v) is 7.86. The highest BCUT2D eigenvalue weighted by Crippen LogP contribution is 2.42. The minimum absolute atomic E-state index is 0.0324. The average molecular weight is 270 g/mol. The van der Waals surface area contributed by atoms with E-state index >= 15 is 0 Å². The number of imide groups is 1. The summed E-state index contributed by atoms with van der Waals surface area (Å²) >= 11 is 1.88. The highest BCUT2D eigenvalue weighted by Gasteiger charge is 2.42. The van der Waals surface area contributed by atoms with Gasteiger partial charge in [-0.25, -0.2) is 0 Å². The molecule has 5 heteroatoms. The molecule has 102 valence electrons. The molecule has 0 aromatic rings. The van der Waals surface area contributed by atoms with Gasteiger partial charge < -0.3 is 5.32 Å². The fraction of sp³-hybridized carbons (Fsp3) is 0.846. The van der Waals surface area contributed by atoms with Crippen molar-refractivity contribution < 1.29 is 9.59 Å². The molecule has 0 spiro atoms. The summed E-state index contributed by atoms with van der Waals surface area (Å²) < 4.78 is 0.300. The van der Waals surface area contributed by atoms with Crippen LogP contribution in [0.3, 0.4) is 0 Å². The van der Waals surface area contributed by atoms with Crippen LogP contribution in [0.2, 0.25) is 0 Å². The number of likely N-dealkylation sites (tertiary alicyclic amines) is 1. The van der Waals surface area contributed by atoms with Crippen molar-refractivity contribution in [1.29, 1.82) is 0 Å². The van der Waals surface area contributed by atoms with Crippen LogP contribution in [0.1, 0.15) is 39.5 Å². The van der Waals surface area contributed by atoms with Gasteiger partial charge in [-0.1, -0.05) is 6.42 Å². The van der Waals surface area contributed by atoms with Gasteiger partial charge in [0.25, 0.3) is 0 Å². The van der Waals surface area contributed by atoms with Gasteiger partial charge in [0.1, 0.15) is 0 Å². The third-order valence-electron chi connectivity index (χ3n) is 4.07. The van der Waals surface area contributed by atoms with Gasteiger partial charge in [-0.3, -0.25) is 14.5 Å². The van der Waals surface area contributed by atoms with Crippen LogP contribution in [0.5, 0.6) is 0 Å².